The highest BCUT2D eigenvalue weighted by Gasteiger charge is 2.14. The average molecular weight is 378 g/mol. The van der Waals surface area contributed by atoms with Gasteiger partial charge < -0.3 is 0 Å². The molecule has 0 bridgehead atoms. The summed E-state index contributed by atoms with van der Waals surface area (Å²) in [7, 11) is 0. The Morgan fingerprint density at radius 3 is 2.56 bits per heavy atom. The molecule has 0 aliphatic carbocycles. The van der Waals surface area contributed by atoms with Gasteiger partial charge in [0.1, 0.15) is 0 Å². The molecule has 2 aromatic heterocycles. The zero-order chi connectivity index (χ0) is 19.1. The zero-order valence-electron chi connectivity index (χ0n) is 15.2. The van der Waals surface area contributed by atoms with E-state index >= 15 is 0 Å². The summed E-state index contributed by atoms with van der Waals surface area (Å²) in [4.78, 5) is 6.45. The van der Waals surface area contributed by atoms with Gasteiger partial charge in [0.05, 0.1) is 6.67 Å². The fourth-order valence-corrected chi connectivity index (χ4v) is 3.18. The van der Waals surface area contributed by atoms with E-state index in [0.717, 1.165) is 24.5 Å². The fraction of sp³-hybridized carbons (Fsp3) is 0.190. The van der Waals surface area contributed by atoms with Gasteiger partial charge >= 0.3 is 0 Å². The van der Waals surface area contributed by atoms with Gasteiger partial charge in [-0.3, -0.25) is 14.5 Å². The Hall–Kier alpha value is -2.83. The number of hydrogen-bond donors (Lipinski definition) is 0. The predicted molar refractivity (Wildman–Crippen MR) is 112 cm³/mol. The molecule has 5 nitrogen and oxygen atoms in total. The molecule has 0 fully saturated rings. The van der Waals surface area contributed by atoms with Crippen molar-refractivity contribution in [1.82, 2.24) is 24.2 Å². The largest absolute Gasteiger partial charge is 0.296 e. The maximum Gasteiger partial charge on any atom is 0.199 e. The summed E-state index contributed by atoms with van der Waals surface area (Å²) < 4.78 is 4.50. The number of nitrogens with zero attached hydrogens (tertiary/aromatic N) is 5. The SMILES string of the molecule is C=CCN(Cc1ccccc1)Cn1nc(-c2cccnc2)n(CC=C)c1=S. The van der Waals surface area contributed by atoms with Crippen LogP contribution in [0.1, 0.15) is 5.56 Å². The van der Waals surface area contributed by atoms with Gasteiger partial charge in [-0.15, -0.1) is 13.2 Å². The first-order valence-electron chi connectivity index (χ1n) is 8.79. The van der Waals surface area contributed by atoms with Crippen LogP contribution >= 0.6 is 12.2 Å². The van der Waals surface area contributed by atoms with Crippen LogP contribution in [0.25, 0.3) is 11.4 Å². The Kier molecular flexibility index (Phi) is 6.46. The minimum Gasteiger partial charge on any atom is -0.296 e. The third-order valence-corrected chi connectivity index (χ3v) is 4.56. The summed E-state index contributed by atoms with van der Waals surface area (Å²) in [6.45, 7) is 10.4. The second kappa shape index (κ2) is 9.21. The van der Waals surface area contributed by atoms with Gasteiger partial charge in [-0.2, -0.15) is 5.10 Å². The maximum absolute atomic E-state index is 5.69. The lowest BCUT2D eigenvalue weighted by Gasteiger charge is -2.20. The topological polar surface area (TPSA) is 38.9 Å². The van der Waals surface area contributed by atoms with Crippen LogP contribution in [-0.2, 0) is 19.8 Å². The molecule has 3 rings (SSSR count). The van der Waals surface area contributed by atoms with Crippen LogP contribution in [0.3, 0.4) is 0 Å². The highest BCUT2D eigenvalue weighted by Crippen LogP contribution is 2.18. The summed E-state index contributed by atoms with van der Waals surface area (Å²) in [5.74, 6) is 0.797. The van der Waals surface area contributed by atoms with Crippen molar-refractivity contribution in [2.24, 2.45) is 0 Å². The smallest absolute Gasteiger partial charge is 0.199 e. The molecular weight excluding hydrogens is 354 g/mol. The number of rotatable bonds is 9. The molecule has 0 aliphatic heterocycles. The molecule has 1 aromatic carbocycles. The van der Waals surface area contributed by atoms with Crippen molar-refractivity contribution in [3.8, 4) is 11.4 Å². The number of allylic oxidation sites excluding steroid dienone is 1. The molecule has 0 radical (unpaired) electrons. The van der Waals surface area contributed by atoms with E-state index in [9.17, 15) is 0 Å². The van der Waals surface area contributed by atoms with Crippen LogP contribution in [0.4, 0.5) is 0 Å². The molecule has 0 spiro atoms. The monoisotopic (exact) mass is 377 g/mol. The van der Waals surface area contributed by atoms with E-state index in [1.54, 1.807) is 12.4 Å². The summed E-state index contributed by atoms with van der Waals surface area (Å²) in [6, 6.07) is 14.2. The van der Waals surface area contributed by atoms with Crippen LogP contribution in [0.15, 0.2) is 80.2 Å². The number of hydrogen-bond acceptors (Lipinski definition) is 4. The predicted octanol–water partition coefficient (Wildman–Crippen LogP) is 4.31. The average Bonchev–Trinajstić information content (AvgIpc) is 3.00. The van der Waals surface area contributed by atoms with E-state index < -0.39 is 0 Å². The Balaban J connectivity index is 1.91. The van der Waals surface area contributed by atoms with Crippen LogP contribution in [0.5, 0.6) is 0 Å². The Morgan fingerprint density at radius 1 is 1.07 bits per heavy atom. The molecule has 6 heteroatoms. The third kappa shape index (κ3) is 4.67. The van der Waals surface area contributed by atoms with Gasteiger partial charge in [-0.25, -0.2) is 4.68 Å². The molecular formula is C21H23N5S. The number of pyridine rings is 1. The van der Waals surface area contributed by atoms with E-state index in [2.05, 4.69) is 35.2 Å². The summed E-state index contributed by atoms with van der Waals surface area (Å²) >= 11 is 5.69. The zero-order valence-corrected chi connectivity index (χ0v) is 16.1. The van der Waals surface area contributed by atoms with Crippen molar-refractivity contribution < 1.29 is 0 Å². The fourth-order valence-electron chi connectivity index (χ4n) is 2.92. The van der Waals surface area contributed by atoms with Gasteiger partial charge in [-0.05, 0) is 29.9 Å². The van der Waals surface area contributed by atoms with Gasteiger partial charge in [-0.1, -0.05) is 42.5 Å². The second-order valence-electron chi connectivity index (χ2n) is 6.17. The van der Waals surface area contributed by atoms with Crippen molar-refractivity contribution in [1.29, 1.82) is 0 Å². The van der Waals surface area contributed by atoms with Gasteiger partial charge in [0.25, 0.3) is 0 Å². The van der Waals surface area contributed by atoms with Crippen LogP contribution in [0.2, 0.25) is 0 Å². The van der Waals surface area contributed by atoms with Crippen molar-refractivity contribution in [3.63, 3.8) is 0 Å². The van der Waals surface area contributed by atoms with Gasteiger partial charge in [0.15, 0.2) is 10.6 Å². The van der Waals surface area contributed by atoms with E-state index in [0.29, 0.717) is 18.0 Å². The van der Waals surface area contributed by atoms with E-state index in [1.807, 2.05) is 51.7 Å². The molecule has 138 valence electrons. The van der Waals surface area contributed by atoms with E-state index in [4.69, 9.17) is 17.3 Å². The molecule has 0 unspecified atom stereocenters. The van der Waals surface area contributed by atoms with Crippen molar-refractivity contribution in [3.05, 3.63) is 90.5 Å². The normalized spacial score (nSPS) is 10.9. The summed E-state index contributed by atoms with van der Waals surface area (Å²) in [6.07, 6.45) is 7.27. The molecule has 0 atom stereocenters. The summed E-state index contributed by atoms with van der Waals surface area (Å²) in [5, 5.41) is 4.77. The van der Waals surface area contributed by atoms with Gasteiger partial charge in [0, 0.05) is 37.6 Å². The van der Waals surface area contributed by atoms with Crippen molar-refractivity contribution in [2.45, 2.75) is 19.8 Å². The number of aromatic nitrogens is 4. The first kappa shape index (κ1) is 18.9. The van der Waals surface area contributed by atoms with Gasteiger partial charge in [0.2, 0.25) is 0 Å². The third-order valence-electron chi connectivity index (χ3n) is 4.12. The lowest BCUT2D eigenvalue weighted by atomic mass is 10.2. The van der Waals surface area contributed by atoms with Crippen molar-refractivity contribution in [2.75, 3.05) is 6.54 Å². The second-order valence-corrected chi connectivity index (χ2v) is 6.54. The molecule has 3 aromatic rings. The maximum atomic E-state index is 5.69. The van der Waals surface area contributed by atoms with Crippen LogP contribution in [-0.4, -0.2) is 30.8 Å². The first-order chi connectivity index (χ1) is 13.2. The van der Waals surface area contributed by atoms with Crippen LogP contribution < -0.4 is 0 Å². The van der Waals surface area contributed by atoms with Crippen molar-refractivity contribution >= 4 is 12.2 Å². The molecule has 0 aliphatic rings. The number of benzene rings is 1. The minimum absolute atomic E-state index is 0.581. The highest BCUT2D eigenvalue weighted by molar-refractivity contribution is 7.71. The van der Waals surface area contributed by atoms with Crippen LogP contribution in [0, 0.1) is 4.77 Å². The Labute approximate surface area is 164 Å². The Bertz CT molecular complexity index is 944. The first-order valence-corrected chi connectivity index (χ1v) is 9.20. The molecule has 0 saturated carbocycles. The quantitative estimate of drug-likeness (QED) is 0.411. The Morgan fingerprint density at radius 2 is 1.89 bits per heavy atom. The molecule has 0 N–H and O–H groups in total. The van der Waals surface area contributed by atoms with E-state index in [-0.39, 0.29) is 0 Å². The minimum atomic E-state index is 0.581. The molecule has 27 heavy (non-hydrogen) atoms. The van der Waals surface area contributed by atoms with E-state index in [1.165, 1.54) is 5.56 Å². The lowest BCUT2D eigenvalue weighted by Crippen LogP contribution is -2.27. The standard InChI is InChI=1S/C21H23N5S/c1-3-13-24(16-18-9-6-5-7-10-18)17-26-21(27)25(14-4-2)20(23-26)19-11-8-12-22-15-19/h3-12,15H,1-2,13-14,16-17H2. The molecule has 0 amide bonds. The summed E-state index contributed by atoms with van der Waals surface area (Å²) in [5.41, 5.74) is 2.17. The lowest BCUT2D eigenvalue weighted by molar-refractivity contribution is 0.218. The molecule has 2 heterocycles. The molecule has 0 saturated heterocycles. The highest BCUT2D eigenvalue weighted by atomic mass is 32.1.